The lowest BCUT2D eigenvalue weighted by atomic mass is 9.67. The molecule has 0 saturated carbocycles. The van der Waals surface area contributed by atoms with Crippen LogP contribution < -0.4 is 5.32 Å². The van der Waals surface area contributed by atoms with Gasteiger partial charge in [0, 0.05) is 25.2 Å². The van der Waals surface area contributed by atoms with Crippen LogP contribution in [0.4, 0.5) is 0 Å². The summed E-state index contributed by atoms with van der Waals surface area (Å²) in [6.45, 7) is 5.13. The summed E-state index contributed by atoms with van der Waals surface area (Å²) in [6, 6.07) is 7.57. The summed E-state index contributed by atoms with van der Waals surface area (Å²) in [7, 11) is 0. The number of nitrogens with zero attached hydrogens (tertiary/aromatic N) is 1. The van der Waals surface area contributed by atoms with Crippen molar-refractivity contribution in [2.45, 2.75) is 70.5 Å². The molecule has 1 aromatic carbocycles. The average molecular weight is 461 g/mol. The number of ether oxygens (including phenoxy) is 2. The third kappa shape index (κ3) is 6.12. The van der Waals surface area contributed by atoms with E-state index in [9.17, 15) is 19.5 Å². The molecule has 0 aromatic heterocycles. The number of amides is 1. The summed E-state index contributed by atoms with van der Waals surface area (Å²) in [5, 5.41) is 13.2. The van der Waals surface area contributed by atoms with E-state index >= 15 is 0 Å². The van der Waals surface area contributed by atoms with Gasteiger partial charge >= 0.3 is 11.9 Å². The molecule has 2 heterocycles. The number of benzene rings is 1. The molecule has 2 aliphatic heterocycles. The maximum atomic E-state index is 13.4. The monoisotopic (exact) mass is 460 g/mol. The zero-order chi connectivity index (χ0) is 23.8. The molecule has 8 nitrogen and oxygen atoms in total. The van der Waals surface area contributed by atoms with E-state index < -0.39 is 35.5 Å². The second-order valence-corrected chi connectivity index (χ2v) is 9.07. The SMILES string of the molecule is CCOC(=O)C(CCc1ccccc1)N[C@@H](C)C(=O)N1CCCC2(CCOCC2)[C@H]1C(=O)O. The van der Waals surface area contributed by atoms with E-state index in [1.54, 1.807) is 13.8 Å². The van der Waals surface area contributed by atoms with Crippen LogP contribution in [0.1, 0.15) is 51.5 Å². The van der Waals surface area contributed by atoms with Crippen LogP contribution in [0.3, 0.4) is 0 Å². The Morgan fingerprint density at radius 2 is 1.91 bits per heavy atom. The fourth-order valence-corrected chi connectivity index (χ4v) is 5.22. The van der Waals surface area contributed by atoms with Gasteiger partial charge in [-0.05, 0) is 57.9 Å². The number of hydrogen-bond donors (Lipinski definition) is 2. The van der Waals surface area contributed by atoms with Crippen LogP contribution in [-0.2, 0) is 30.3 Å². The van der Waals surface area contributed by atoms with Gasteiger partial charge in [0.1, 0.15) is 12.1 Å². The van der Waals surface area contributed by atoms with E-state index in [4.69, 9.17) is 9.47 Å². The van der Waals surface area contributed by atoms with E-state index in [-0.39, 0.29) is 12.5 Å². The number of aliphatic carboxylic acids is 1. The highest BCUT2D eigenvalue weighted by atomic mass is 16.5. The first-order valence-corrected chi connectivity index (χ1v) is 12.0. The summed E-state index contributed by atoms with van der Waals surface area (Å²) in [6.07, 6.45) is 3.95. The molecule has 182 valence electrons. The third-order valence-electron chi connectivity index (χ3n) is 6.93. The van der Waals surface area contributed by atoms with Crippen LogP contribution in [0.15, 0.2) is 30.3 Å². The minimum atomic E-state index is -0.969. The minimum absolute atomic E-state index is 0.252. The van der Waals surface area contributed by atoms with E-state index in [1.807, 2.05) is 30.3 Å². The van der Waals surface area contributed by atoms with Gasteiger partial charge in [-0.1, -0.05) is 30.3 Å². The summed E-state index contributed by atoms with van der Waals surface area (Å²) < 4.78 is 10.7. The van der Waals surface area contributed by atoms with Gasteiger partial charge in [0.2, 0.25) is 5.91 Å². The van der Waals surface area contributed by atoms with Gasteiger partial charge in [0.25, 0.3) is 0 Å². The van der Waals surface area contributed by atoms with Gasteiger partial charge in [-0.3, -0.25) is 14.9 Å². The molecule has 8 heteroatoms. The molecule has 2 saturated heterocycles. The van der Waals surface area contributed by atoms with Crippen LogP contribution >= 0.6 is 0 Å². The molecule has 3 atom stereocenters. The third-order valence-corrected chi connectivity index (χ3v) is 6.93. The van der Waals surface area contributed by atoms with Gasteiger partial charge in [-0.15, -0.1) is 0 Å². The first kappa shape index (κ1) is 25.2. The van der Waals surface area contributed by atoms with Gasteiger partial charge in [-0.25, -0.2) is 4.79 Å². The predicted octanol–water partition coefficient (Wildman–Crippen LogP) is 2.40. The number of carboxylic acid groups (broad SMARTS) is 1. The highest BCUT2D eigenvalue weighted by Crippen LogP contribution is 2.44. The molecule has 0 aliphatic carbocycles. The maximum Gasteiger partial charge on any atom is 0.327 e. The number of piperidine rings is 1. The highest BCUT2D eigenvalue weighted by Gasteiger charge is 2.51. The fraction of sp³-hybridized carbons (Fsp3) is 0.640. The molecule has 1 aromatic rings. The zero-order valence-corrected chi connectivity index (χ0v) is 19.6. The van der Waals surface area contributed by atoms with Crippen molar-refractivity contribution in [1.29, 1.82) is 0 Å². The summed E-state index contributed by atoms with van der Waals surface area (Å²) >= 11 is 0. The lowest BCUT2D eigenvalue weighted by Crippen LogP contribution is -2.63. The number of hydrogen-bond acceptors (Lipinski definition) is 6. The van der Waals surface area contributed by atoms with Crippen LogP contribution in [0, 0.1) is 5.41 Å². The van der Waals surface area contributed by atoms with Crippen LogP contribution in [0.5, 0.6) is 0 Å². The molecule has 0 radical (unpaired) electrons. The van der Waals surface area contributed by atoms with E-state index in [1.165, 1.54) is 4.90 Å². The van der Waals surface area contributed by atoms with Gasteiger partial charge in [-0.2, -0.15) is 0 Å². The molecule has 2 aliphatic rings. The van der Waals surface area contributed by atoms with Crippen molar-refractivity contribution in [3.63, 3.8) is 0 Å². The molecule has 2 N–H and O–H groups in total. The Morgan fingerprint density at radius 3 is 2.55 bits per heavy atom. The number of nitrogens with one attached hydrogen (secondary N) is 1. The second-order valence-electron chi connectivity index (χ2n) is 9.07. The summed E-state index contributed by atoms with van der Waals surface area (Å²) in [5.41, 5.74) is 0.641. The van der Waals surface area contributed by atoms with E-state index in [0.29, 0.717) is 45.4 Å². The van der Waals surface area contributed by atoms with Crippen molar-refractivity contribution in [3.05, 3.63) is 35.9 Å². The lowest BCUT2D eigenvalue weighted by molar-refractivity contribution is -0.166. The molecule has 33 heavy (non-hydrogen) atoms. The number of aryl methyl sites for hydroxylation is 1. The van der Waals surface area contributed by atoms with Crippen LogP contribution in [0.25, 0.3) is 0 Å². The largest absolute Gasteiger partial charge is 0.480 e. The Balaban J connectivity index is 1.72. The van der Waals surface area contributed by atoms with Crippen molar-refractivity contribution in [1.82, 2.24) is 10.2 Å². The Hall–Kier alpha value is -2.45. The van der Waals surface area contributed by atoms with Crippen LogP contribution in [0.2, 0.25) is 0 Å². The zero-order valence-electron chi connectivity index (χ0n) is 19.6. The Bertz CT molecular complexity index is 803. The molecule has 2 fully saturated rings. The smallest absolute Gasteiger partial charge is 0.327 e. The molecule has 1 spiro atoms. The molecular weight excluding hydrogens is 424 g/mol. The summed E-state index contributed by atoms with van der Waals surface area (Å²) in [5.74, 6) is -1.66. The van der Waals surface area contributed by atoms with Crippen molar-refractivity contribution >= 4 is 17.8 Å². The van der Waals surface area contributed by atoms with Gasteiger partial charge in [0.15, 0.2) is 0 Å². The van der Waals surface area contributed by atoms with Crippen molar-refractivity contribution in [2.75, 3.05) is 26.4 Å². The number of esters is 1. The highest BCUT2D eigenvalue weighted by molar-refractivity contribution is 5.88. The van der Waals surface area contributed by atoms with Gasteiger partial charge < -0.3 is 19.5 Å². The first-order chi connectivity index (χ1) is 15.9. The van der Waals surface area contributed by atoms with Crippen LogP contribution in [-0.4, -0.2) is 72.3 Å². The van der Waals surface area contributed by atoms with E-state index in [2.05, 4.69) is 5.32 Å². The number of likely N-dealkylation sites (tertiary alicyclic amines) is 1. The predicted molar refractivity (Wildman–Crippen MR) is 123 cm³/mol. The second kappa shape index (κ2) is 11.6. The molecule has 1 amide bonds. The maximum absolute atomic E-state index is 13.4. The van der Waals surface area contributed by atoms with Crippen molar-refractivity contribution in [2.24, 2.45) is 5.41 Å². The number of carbonyl (C=O) groups is 3. The fourth-order valence-electron chi connectivity index (χ4n) is 5.22. The van der Waals surface area contributed by atoms with E-state index in [0.717, 1.165) is 18.4 Å². The Labute approximate surface area is 195 Å². The number of carboxylic acids is 1. The topological polar surface area (TPSA) is 105 Å². The molecule has 3 rings (SSSR count). The normalized spacial score (nSPS) is 21.9. The molecule has 0 bridgehead atoms. The quantitative estimate of drug-likeness (QED) is 0.545. The van der Waals surface area contributed by atoms with Crippen molar-refractivity contribution < 1.29 is 29.0 Å². The lowest BCUT2D eigenvalue weighted by Gasteiger charge is -2.50. The van der Waals surface area contributed by atoms with Gasteiger partial charge in [0.05, 0.1) is 12.6 Å². The minimum Gasteiger partial charge on any atom is -0.480 e. The summed E-state index contributed by atoms with van der Waals surface area (Å²) in [4.78, 5) is 39.9. The number of rotatable bonds is 9. The first-order valence-electron chi connectivity index (χ1n) is 12.0. The number of carbonyl (C=O) groups excluding carboxylic acids is 2. The molecule has 1 unspecified atom stereocenters. The van der Waals surface area contributed by atoms with Crippen molar-refractivity contribution in [3.8, 4) is 0 Å². The standard InChI is InChI=1S/C25H36N2O6/c1-3-33-24(31)20(11-10-19-8-5-4-6-9-19)26-18(2)22(28)27-15-7-12-25(21(27)23(29)30)13-16-32-17-14-25/h4-6,8-9,18,20-21,26H,3,7,10-17H2,1-2H3,(H,29,30)/t18-,20?,21+/m0/s1. The Kier molecular flexibility index (Phi) is 8.86. The average Bonchev–Trinajstić information content (AvgIpc) is 2.82. The molecular formula is C25H36N2O6. The Morgan fingerprint density at radius 1 is 1.21 bits per heavy atom.